The summed E-state index contributed by atoms with van der Waals surface area (Å²) in [7, 11) is 0. The molecule has 2 N–H and O–H groups in total. The fourth-order valence-corrected chi connectivity index (χ4v) is 2.97. The van der Waals surface area contributed by atoms with Crippen molar-refractivity contribution in [3.05, 3.63) is 29.8 Å². The lowest BCUT2D eigenvalue weighted by molar-refractivity contribution is 0.815. The highest BCUT2D eigenvalue weighted by Gasteiger charge is 2.00. The molecule has 1 unspecified atom stereocenters. The minimum Gasteiger partial charge on any atom is -0.324 e. The van der Waals surface area contributed by atoms with Crippen molar-refractivity contribution in [1.29, 1.82) is 0 Å². The van der Waals surface area contributed by atoms with E-state index in [-0.39, 0.29) is 6.04 Å². The lowest BCUT2D eigenvalue weighted by Crippen LogP contribution is -2.04. The monoisotopic (exact) mass is 241 g/mol. The lowest BCUT2D eigenvalue weighted by Gasteiger charge is -2.07. The van der Waals surface area contributed by atoms with Crippen LogP contribution in [0.2, 0.25) is 0 Å². The number of thioether (sulfide) groups is 2. The summed E-state index contributed by atoms with van der Waals surface area (Å²) in [6.45, 7) is 4.22. The molecule has 0 bridgehead atoms. The molecule has 0 aliphatic heterocycles. The lowest BCUT2D eigenvalue weighted by atomic mass is 10.1. The highest BCUT2D eigenvalue weighted by Crippen LogP contribution is 2.22. The molecule has 0 amide bonds. The van der Waals surface area contributed by atoms with Gasteiger partial charge in [0.25, 0.3) is 0 Å². The summed E-state index contributed by atoms with van der Waals surface area (Å²) in [4.78, 5) is 1.33. The molecule has 84 valence electrons. The zero-order valence-electron chi connectivity index (χ0n) is 9.40. The molecule has 1 rings (SSSR count). The quantitative estimate of drug-likeness (QED) is 0.609. The van der Waals surface area contributed by atoms with E-state index in [0.717, 1.165) is 0 Å². The van der Waals surface area contributed by atoms with Crippen LogP contribution in [0, 0.1) is 0 Å². The van der Waals surface area contributed by atoms with Crippen LogP contribution in [0.4, 0.5) is 0 Å². The first-order valence-corrected chi connectivity index (χ1v) is 7.44. The number of hydrogen-bond donors (Lipinski definition) is 1. The van der Waals surface area contributed by atoms with E-state index < -0.39 is 0 Å². The van der Waals surface area contributed by atoms with Gasteiger partial charge in [-0.05, 0) is 30.4 Å². The number of nitrogens with two attached hydrogens (primary N) is 1. The van der Waals surface area contributed by atoms with Crippen LogP contribution in [-0.4, -0.2) is 17.3 Å². The van der Waals surface area contributed by atoms with Crippen LogP contribution in [-0.2, 0) is 0 Å². The van der Waals surface area contributed by atoms with Gasteiger partial charge in [0.2, 0.25) is 0 Å². The molecule has 0 spiro atoms. The first-order valence-electron chi connectivity index (χ1n) is 5.30. The Morgan fingerprint density at radius 2 is 2.13 bits per heavy atom. The Kier molecular flexibility index (Phi) is 6.22. The molecular formula is C12H19NS2. The largest absolute Gasteiger partial charge is 0.324 e. The molecule has 0 aliphatic carbocycles. The second-order valence-electron chi connectivity index (χ2n) is 3.41. The van der Waals surface area contributed by atoms with E-state index in [4.69, 9.17) is 5.73 Å². The second-order valence-corrected chi connectivity index (χ2v) is 5.97. The van der Waals surface area contributed by atoms with E-state index in [2.05, 4.69) is 31.2 Å². The van der Waals surface area contributed by atoms with E-state index in [9.17, 15) is 0 Å². The van der Waals surface area contributed by atoms with Crippen molar-refractivity contribution >= 4 is 23.5 Å². The topological polar surface area (TPSA) is 26.0 Å². The highest BCUT2D eigenvalue weighted by molar-refractivity contribution is 8.02. The van der Waals surface area contributed by atoms with Crippen LogP contribution in [0.15, 0.2) is 29.2 Å². The average Bonchev–Trinajstić information content (AvgIpc) is 2.25. The molecule has 15 heavy (non-hydrogen) atoms. The number of rotatable bonds is 6. The smallest absolute Gasteiger partial charge is 0.0266 e. The Balaban J connectivity index is 2.43. The SMILES string of the molecule is CCSCCSc1cccc(C(C)N)c1. The third kappa shape index (κ3) is 4.96. The molecule has 0 aliphatic rings. The van der Waals surface area contributed by atoms with Crippen molar-refractivity contribution in [3.63, 3.8) is 0 Å². The van der Waals surface area contributed by atoms with Gasteiger partial charge in [0.1, 0.15) is 0 Å². The van der Waals surface area contributed by atoms with Gasteiger partial charge in [-0.25, -0.2) is 0 Å². The Bertz CT molecular complexity index is 287. The van der Waals surface area contributed by atoms with Crippen LogP contribution >= 0.6 is 23.5 Å². The molecule has 0 aromatic heterocycles. The van der Waals surface area contributed by atoms with Crippen molar-refractivity contribution in [3.8, 4) is 0 Å². The van der Waals surface area contributed by atoms with Crippen molar-refractivity contribution < 1.29 is 0 Å². The van der Waals surface area contributed by atoms with Crippen LogP contribution in [0.3, 0.4) is 0 Å². The zero-order valence-corrected chi connectivity index (χ0v) is 11.0. The van der Waals surface area contributed by atoms with Crippen LogP contribution in [0.25, 0.3) is 0 Å². The summed E-state index contributed by atoms with van der Waals surface area (Å²) < 4.78 is 0. The van der Waals surface area contributed by atoms with Crippen LogP contribution in [0.5, 0.6) is 0 Å². The first kappa shape index (κ1) is 12.9. The molecule has 1 aromatic rings. The molecular weight excluding hydrogens is 222 g/mol. The molecule has 0 radical (unpaired) electrons. The maximum absolute atomic E-state index is 5.85. The molecule has 0 fully saturated rings. The zero-order chi connectivity index (χ0) is 11.1. The van der Waals surface area contributed by atoms with Gasteiger partial charge >= 0.3 is 0 Å². The van der Waals surface area contributed by atoms with Gasteiger partial charge in [-0.15, -0.1) is 11.8 Å². The summed E-state index contributed by atoms with van der Waals surface area (Å²) >= 11 is 3.91. The van der Waals surface area contributed by atoms with Gasteiger partial charge in [-0.3, -0.25) is 0 Å². The van der Waals surface area contributed by atoms with E-state index >= 15 is 0 Å². The molecule has 0 saturated heterocycles. The van der Waals surface area contributed by atoms with Crippen LogP contribution in [0.1, 0.15) is 25.5 Å². The Morgan fingerprint density at radius 3 is 2.80 bits per heavy atom. The average molecular weight is 241 g/mol. The third-order valence-corrected chi connectivity index (χ3v) is 4.24. The first-order chi connectivity index (χ1) is 7.24. The van der Waals surface area contributed by atoms with E-state index in [1.807, 2.05) is 30.4 Å². The van der Waals surface area contributed by atoms with Crippen LogP contribution < -0.4 is 5.73 Å². The number of hydrogen-bond acceptors (Lipinski definition) is 3. The van der Waals surface area contributed by atoms with Crippen molar-refractivity contribution in [2.24, 2.45) is 5.73 Å². The fraction of sp³-hybridized carbons (Fsp3) is 0.500. The van der Waals surface area contributed by atoms with Gasteiger partial charge in [0, 0.05) is 22.4 Å². The summed E-state index contributed by atoms with van der Waals surface area (Å²) in [5.74, 6) is 3.62. The minimum atomic E-state index is 0.135. The van der Waals surface area contributed by atoms with Gasteiger partial charge in [0.05, 0.1) is 0 Å². The molecule has 1 nitrogen and oxygen atoms in total. The summed E-state index contributed by atoms with van der Waals surface area (Å²) in [5, 5.41) is 0. The van der Waals surface area contributed by atoms with Crippen molar-refractivity contribution in [1.82, 2.24) is 0 Å². The Morgan fingerprint density at radius 1 is 1.33 bits per heavy atom. The van der Waals surface area contributed by atoms with Gasteiger partial charge in [-0.2, -0.15) is 11.8 Å². The highest BCUT2D eigenvalue weighted by atomic mass is 32.2. The van der Waals surface area contributed by atoms with Gasteiger partial charge in [-0.1, -0.05) is 19.1 Å². The normalized spacial score (nSPS) is 12.7. The third-order valence-electron chi connectivity index (χ3n) is 2.08. The minimum absolute atomic E-state index is 0.135. The molecule has 0 heterocycles. The Labute approximate surface area is 101 Å². The maximum atomic E-state index is 5.85. The molecule has 0 saturated carbocycles. The van der Waals surface area contributed by atoms with Crippen molar-refractivity contribution in [2.45, 2.75) is 24.8 Å². The predicted molar refractivity (Wildman–Crippen MR) is 72.8 cm³/mol. The molecule has 1 aromatic carbocycles. The van der Waals surface area contributed by atoms with Gasteiger partial charge in [0.15, 0.2) is 0 Å². The second kappa shape index (κ2) is 7.20. The van der Waals surface area contributed by atoms with Crippen molar-refractivity contribution in [2.75, 3.05) is 17.3 Å². The van der Waals surface area contributed by atoms with Gasteiger partial charge < -0.3 is 5.73 Å². The Hall–Kier alpha value is -0.120. The van der Waals surface area contributed by atoms with E-state index in [1.165, 1.54) is 27.7 Å². The van der Waals surface area contributed by atoms with E-state index in [0.29, 0.717) is 0 Å². The molecule has 3 heteroatoms. The summed E-state index contributed by atoms with van der Waals surface area (Å²) in [6, 6.07) is 8.68. The summed E-state index contributed by atoms with van der Waals surface area (Å²) in [6.07, 6.45) is 0. The maximum Gasteiger partial charge on any atom is 0.0266 e. The number of benzene rings is 1. The van der Waals surface area contributed by atoms with E-state index in [1.54, 1.807) is 0 Å². The summed E-state index contributed by atoms with van der Waals surface area (Å²) in [5.41, 5.74) is 7.07. The molecule has 1 atom stereocenters. The fourth-order valence-electron chi connectivity index (χ4n) is 1.25. The predicted octanol–water partition coefficient (Wildman–Crippen LogP) is 3.55. The standard InChI is InChI=1S/C12H19NS2/c1-3-14-7-8-15-12-6-4-5-11(9-12)10(2)13/h4-6,9-10H,3,7-8,13H2,1-2H3.